The minimum absolute atomic E-state index is 0.125. The van der Waals surface area contributed by atoms with Gasteiger partial charge in [-0.1, -0.05) is 30.3 Å². The van der Waals surface area contributed by atoms with Gasteiger partial charge in [0.05, 0.1) is 0 Å². The molecule has 0 saturated carbocycles. The second-order valence-electron chi connectivity index (χ2n) is 4.81. The van der Waals surface area contributed by atoms with Gasteiger partial charge in [-0.15, -0.1) is 0 Å². The van der Waals surface area contributed by atoms with Crippen molar-refractivity contribution < 1.29 is 9.84 Å². The molecule has 2 aromatic rings. The van der Waals surface area contributed by atoms with Crippen LogP contribution in [0.5, 0.6) is 11.5 Å². The van der Waals surface area contributed by atoms with Crippen LogP contribution in [0.15, 0.2) is 42.5 Å². The summed E-state index contributed by atoms with van der Waals surface area (Å²) in [5, 5.41) is 12.2. The van der Waals surface area contributed by atoms with Crippen LogP contribution in [-0.4, -0.2) is 18.8 Å². The van der Waals surface area contributed by atoms with Gasteiger partial charge in [0.15, 0.2) is 0 Å². The zero-order valence-electron chi connectivity index (χ0n) is 12.0. The van der Waals surface area contributed by atoms with Gasteiger partial charge in [-0.2, -0.15) is 0 Å². The highest BCUT2D eigenvalue weighted by Crippen LogP contribution is 2.28. The van der Waals surface area contributed by atoms with E-state index in [2.05, 4.69) is 17.4 Å². The third-order valence-corrected chi connectivity index (χ3v) is 3.19. The van der Waals surface area contributed by atoms with E-state index in [4.69, 9.17) is 9.84 Å². The number of para-hydroxylation sites is 1. The second kappa shape index (κ2) is 7.08. The van der Waals surface area contributed by atoms with Gasteiger partial charge < -0.3 is 15.2 Å². The Hall–Kier alpha value is -1.84. The Morgan fingerprint density at radius 3 is 2.60 bits per heavy atom. The van der Waals surface area contributed by atoms with Crippen LogP contribution < -0.4 is 10.1 Å². The molecule has 2 aromatic carbocycles. The predicted octanol–water partition coefficient (Wildman–Crippen LogP) is 3.04. The molecule has 0 unspecified atom stereocenters. The molecule has 20 heavy (non-hydrogen) atoms. The lowest BCUT2D eigenvalue weighted by molar-refractivity contribution is 0.298. The molecule has 0 radical (unpaired) electrons. The average molecular weight is 271 g/mol. The number of benzene rings is 2. The summed E-state index contributed by atoms with van der Waals surface area (Å²) in [5.41, 5.74) is 3.37. The molecule has 0 aliphatic carbocycles. The molecule has 3 nitrogen and oxygen atoms in total. The van der Waals surface area contributed by atoms with E-state index in [1.165, 1.54) is 5.56 Å². The van der Waals surface area contributed by atoms with Crippen molar-refractivity contribution in [1.29, 1.82) is 0 Å². The molecule has 0 saturated heterocycles. The van der Waals surface area contributed by atoms with E-state index < -0.39 is 0 Å². The first-order valence-electron chi connectivity index (χ1n) is 6.85. The van der Waals surface area contributed by atoms with E-state index >= 15 is 0 Å². The van der Waals surface area contributed by atoms with Crippen molar-refractivity contribution in [3.05, 3.63) is 59.2 Å². The van der Waals surface area contributed by atoms with Crippen molar-refractivity contribution in [2.75, 3.05) is 13.7 Å². The summed E-state index contributed by atoms with van der Waals surface area (Å²) < 4.78 is 5.99. The van der Waals surface area contributed by atoms with Gasteiger partial charge in [-0.3, -0.25) is 0 Å². The van der Waals surface area contributed by atoms with Crippen LogP contribution in [0, 0.1) is 6.92 Å². The Kier molecular flexibility index (Phi) is 5.16. The molecule has 0 aliphatic heterocycles. The number of rotatable bonds is 6. The number of nitrogens with one attached hydrogen (secondary N) is 1. The lowest BCUT2D eigenvalue weighted by atomic mass is 10.1. The predicted molar refractivity (Wildman–Crippen MR) is 81.2 cm³/mol. The van der Waals surface area contributed by atoms with Crippen LogP contribution in [0.3, 0.4) is 0 Å². The van der Waals surface area contributed by atoms with Crippen LogP contribution in [0.2, 0.25) is 0 Å². The lowest BCUT2D eigenvalue weighted by Gasteiger charge is -2.13. The Morgan fingerprint density at radius 1 is 1.10 bits per heavy atom. The van der Waals surface area contributed by atoms with Crippen molar-refractivity contribution in [3.8, 4) is 11.5 Å². The number of aryl methyl sites for hydroxylation is 1. The summed E-state index contributed by atoms with van der Waals surface area (Å²) in [6.45, 7) is 3.02. The highest BCUT2D eigenvalue weighted by molar-refractivity contribution is 5.42. The van der Waals surface area contributed by atoms with Crippen molar-refractivity contribution in [1.82, 2.24) is 5.32 Å². The molecule has 0 amide bonds. The number of hydrogen-bond acceptors (Lipinski definition) is 3. The van der Waals surface area contributed by atoms with Crippen LogP contribution >= 0.6 is 0 Å². The summed E-state index contributed by atoms with van der Waals surface area (Å²) in [5.74, 6) is 1.67. The zero-order chi connectivity index (χ0) is 14.4. The van der Waals surface area contributed by atoms with Gasteiger partial charge in [0.1, 0.15) is 11.5 Å². The van der Waals surface area contributed by atoms with Crippen molar-refractivity contribution >= 4 is 0 Å². The first-order valence-corrected chi connectivity index (χ1v) is 6.85. The largest absolute Gasteiger partial charge is 0.457 e. The van der Waals surface area contributed by atoms with E-state index in [-0.39, 0.29) is 6.61 Å². The molecular formula is C17H21NO2. The minimum Gasteiger partial charge on any atom is -0.457 e. The van der Waals surface area contributed by atoms with Gasteiger partial charge in [-0.05, 0) is 49.2 Å². The summed E-state index contributed by atoms with van der Waals surface area (Å²) in [4.78, 5) is 0. The van der Waals surface area contributed by atoms with Gasteiger partial charge in [0.2, 0.25) is 0 Å². The molecule has 0 fully saturated rings. The number of hydrogen-bond donors (Lipinski definition) is 2. The summed E-state index contributed by atoms with van der Waals surface area (Å²) in [6.07, 6.45) is 0.604. The fourth-order valence-electron chi connectivity index (χ4n) is 2.19. The first-order chi connectivity index (χ1) is 9.74. The second-order valence-corrected chi connectivity index (χ2v) is 4.81. The summed E-state index contributed by atoms with van der Waals surface area (Å²) in [6, 6.07) is 14.0. The molecule has 106 valence electrons. The number of ether oxygens (including phenoxy) is 1. The molecular weight excluding hydrogens is 250 g/mol. The van der Waals surface area contributed by atoms with Crippen LogP contribution in [0.4, 0.5) is 0 Å². The van der Waals surface area contributed by atoms with Crippen molar-refractivity contribution in [2.24, 2.45) is 0 Å². The Labute approximate surface area is 120 Å². The molecule has 0 spiro atoms. The molecule has 0 aliphatic rings. The highest BCUT2D eigenvalue weighted by Gasteiger charge is 2.06. The van der Waals surface area contributed by atoms with Crippen LogP contribution in [0.25, 0.3) is 0 Å². The molecule has 2 N–H and O–H groups in total. The Balaban J connectivity index is 2.21. The van der Waals surface area contributed by atoms with Gasteiger partial charge in [0, 0.05) is 13.2 Å². The zero-order valence-corrected chi connectivity index (χ0v) is 12.0. The maximum Gasteiger partial charge on any atom is 0.130 e. The van der Waals surface area contributed by atoms with Gasteiger partial charge in [-0.25, -0.2) is 0 Å². The maximum absolute atomic E-state index is 9.10. The normalized spacial score (nSPS) is 10.6. The standard InChI is InChI=1S/C17H21NO2/c1-13-11-14(12-18-2)7-8-16(13)20-17-6-4-3-5-15(17)9-10-19/h3-8,11,18-19H,9-10,12H2,1-2H3. The third kappa shape index (κ3) is 3.59. The van der Waals surface area contributed by atoms with Crippen LogP contribution in [-0.2, 0) is 13.0 Å². The summed E-state index contributed by atoms with van der Waals surface area (Å²) in [7, 11) is 1.94. The van der Waals surface area contributed by atoms with Crippen molar-refractivity contribution in [3.63, 3.8) is 0 Å². The van der Waals surface area contributed by atoms with E-state index in [0.29, 0.717) is 6.42 Å². The molecule has 3 heteroatoms. The SMILES string of the molecule is CNCc1ccc(Oc2ccccc2CCO)c(C)c1. The first kappa shape index (κ1) is 14.6. The topological polar surface area (TPSA) is 41.5 Å². The quantitative estimate of drug-likeness (QED) is 0.848. The van der Waals surface area contributed by atoms with E-state index in [0.717, 1.165) is 29.2 Å². The van der Waals surface area contributed by atoms with Crippen molar-refractivity contribution in [2.45, 2.75) is 19.9 Å². The molecule has 0 aromatic heterocycles. The molecule has 2 rings (SSSR count). The number of aliphatic hydroxyl groups excluding tert-OH is 1. The lowest BCUT2D eigenvalue weighted by Crippen LogP contribution is -2.05. The molecule has 0 bridgehead atoms. The Bertz CT molecular complexity index is 567. The van der Waals surface area contributed by atoms with Crippen LogP contribution in [0.1, 0.15) is 16.7 Å². The minimum atomic E-state index is 0.125. The number of aliphatic hydroxyl groups is 1. The summed E-state index contributed by atoms with van der Waals surface area (Å²) >= 11 is 0. The van der Waals surface area contributed by atoms with E-state index in [1.54, 1.807) is 0 Å². The fourth-order valence-corrected chi connectivity index (χ4v) is 2.19. The van der Waals surface area contributed by atoms with Gasteiger partial charge >= 0.3 is 0 Å². The highest BCUT2D eigenvalue weighted by atomic mass is 16.5. The van der Waals surface area contributed by atoms with Gasteiger partial charge in [0.25, 0.3) is 0 Å². The molecule has 0 atom stereocenters. The average Bonchev–Trinajstić information content (AvgIpc) is 2.44. The maximum atomic E-state index is 9.10. The van der Waals surface area contributed by atoms with E-state index in [9.17, 15) is 0 Å². The molecule has 0 heterocycles. The Morgan fingerprint density at radius 2 is 1.90 bits per heavy atom. The third-order valence-electron chi connectivity index (χ3n) is 3.19. The fraction of sp³-hybridized carbons (Fsp3) is 0.294. The monoisotopic (exact) mass is 271 g/mol. The smallest absolute Gasteiger partial charge is 0.130 e. The van der Waals surface area contributed by atoms with E-state index in [1.807, 2.05) is 44.3 Å².